The van der Waals surface area contributed by atoms with Crippen molar-refractivity contribution < 1.29 is 24.1 Å². The third kappa shape index (κ3) is 4.47. The van der Waals surface area contributed by atoms with Crippen molar-refractivity contribution >= 4 is 11.9 Å². The fourth-order valence-electron chi connectivity index (χ4n) is 2.60. The number of carboxylic acid groups (broad SMARTS) is 1. The van der Waals surface area contributed by atoms with Gasteiger partial charge in [0.05, 0.1) is 38.2 Å². The topological polar surface area (TPSA) is 103 Å². The summed E-state index contributed by atoms with van der Waals surface area (Å²) in [6.07, 6.45) is 1.58. The molecule has 1 aromatic carbocycles. The molecule has 0 radical (unpaired) electrons. The summed E-state index contributed by atoms with van der Waals surface area (Å²) in [7, 11) is 0. The summed E-state index contributed by atoms with van der Waals surface area (Å²) >= 11 is 0. The largest absolute Gasteiger partial charge is 0.493 e. The molecule has 1 fully saturated rings. The van der Waals surface area contributed by atoms with E-state index in [1.165, 1.54) is 0 Å². The van der Waals surface area contributed by atoms with Crippen LogP contribution in [0.25, 0.3) is 11.3 Å². The van der Waals surface area contributed by atoms with E-state index in [-0.39, 0.29) is 11.7 Å². The van der Waals surface area contributed by atoms with Gasteiger partial charge in [0, 0.05) is 18.3 Å². The minimum absolute atomic E-state index is 0.0416. The summed E-state index contributed by atoms with van der Waals surface area (Å²) in [6, 6.07) is 6.70. The molecule has 0 amide bonds. The number of ether oxygens (including phenoxy) is 3. The number of carbonyl (C=O) groups is 1. The molecule has 8 heteroatoms. The van der Waals surface area contributed by atoms with Crippen LogP contribution in [-0.2, 0) is 9.47 Å². The Labute approximate surface area is 151 Å². The van der Waals surface area contributed by atoms with Gasteiger partial charge in [-0.2, -0.15) is 0 Å². The maximum atomic E-state index is 11.5. The van der Waals surface area contributed by atoms with Crippen molar-refractivity contribution in [1.29, 1.82) is 0 Å². The number of nitrogens with zero attached hydrogens (tertiary/aromatic N) is 2. The Morgan fingerprint density at radius 3 is 3.00 bits per heavy atom. The highest BCUT2D eigenvalue weighted by atomic mass is 16.6. The SMILES string of the molecule is CCOc1ccc(-c2ccnc(NC[C@@H]3COCCO3)n2)cc1C(=O)O. The quantitative estimate of drug-likeness (QED) is 0.774. The van der Waals surface area contributed by atoms with Crippen LogP contribution in [-0.4, -0.2) is 60.1 Å². The Balaban J connectivity index is 1.76. The average Bonchev–Trinajstić information content (AvgIpc) is 2.68. The first-order valence-corrected chi connectivity index (χ1v) is 8.44. The van der Waals surface area contributed by atoms with Crippen molar-refractivity contribution in [3.63, 3.8) is 0 Å². The van der Waals surface area contributed by atoms with Gasteiger partial charge < -0.3 is 24.6 Å². The van der Waals surface area contributed by atoms with Crippen LogP contribution < -0.4 is 10.1 Å². The van der Waals surface area contributed by atoms with Gasteiger partial charge in [0.1, 0.15) is 11.3 Å². The lowest BCUT2D eigenvalue weighted by Gasteiger charge is -2.23. The second-order valence-corrected chi connectivity index (χ2v) is 5.66. The lowest BCUT2D eigenvalue weighted by Crippen LogP contribution is -2.34. The monoisotopic (exact) mass is 359 g/mol. The molecule has 0 saturated carbocycles. The van der Waals surface area contributed by atoms with Gasteiger partial charge in [0.25, 0.3) is 0 Å². The maximum Gasteiger partial charge on any atom is 0.339 e. The van der Waals surface area contributed by atoms with Gasteiger partial charge in [-0.15, -0.1) is 0 Å². The zero-order valence-corrected chi connectivity index (χ0v) is 14.5. The molecule has 1 saturated heterocycles. The summed E-state index contributed by atoms with van der Waals surface area (Å²) < 4.78 is 16.3. The van der Waals surface area contributed by atoms with Crippen LogP contribution in [0.2, 0.25) is 0 Å². The molecule has 2 N–H and O–H groups in total. The van der Waals surface area contributed by atoms with E-state index < -0.39 is 5.97 Å². The lowest BCUT2D eigenvalue weighted by molar-refractivity contribution is -0.0819. The molecule has 8 nitrogen and oxygen atoms in total. The molecule has 2 heterocycles. The highest BCUT2D eigenvalue weighted by Crippen LogP contribution is 2.26. The smallest absolute Gasteiger partial charge is 0.339 e. The standard InChI is InChI=1S/C18H21N3O5/c1-2-25-16-4-3-12(9-14(16)17(22)23)15-5-6-19-18(21-15)20-10-13-11-24-7-8-26-13/h3-6,9,13H,2,7-8,10-11H2,1H3,(H,22,23)(H,19,20,21)/t13-/m1/s1. The van der Waals surface area contributed by atoms with Crippen LogP contribution in [0.1, 0.15) is 17.3 Å². The molecule has 0 spiro atoms. The number of benzene rings is 1. The van der Waals surface area contributed by atoms with Gasteiger partial charge >= 0.3 is 5.97 Å². The molecular weight excluding hydrogens is 338 g/mol. The van der Waals surface area contributed by atoms with E-state index in [2.05, 4.69) is 15.3 Å². The van der Waals surface area contributed by atoms with Crippen molar-refractivity contribution in [2.45, 2.75) is 13.0 Å². The van der Waals surface area contributed by atoms with Crippen molar-refractivity contribution in [2.24, 2.45) is 0 Å². The minimum Gasteiger partial charge on any atom is -0.493 e. The lowest BCUT2D eigenvalue weighted by atomic mass is 10.1. The highest BCUT2D eigenvalue weighted by molar-refractivity contribution is 5.92. The molecule has 1 aliphatic heterocycles. The van der Waals surface area contributed by atoms with Crippen LogP contribution in [0.3, 0.4) is 0 Å². The number of anilines is 1. The Hall–Kier alpha value is -2.71. The third-order valence-corrected chi connectivity index (χ3v) is 3.83. The molecule has 1 aliphatic rings. The molecule has 138 valence electrons. The molecule has 0 bridgehead atoms. The summed E-state index contributed by atoms with van der Waals surface area (Å²) in [5, 5.41) is 12.5. The number of carboxylic acids is 1. The first-order chi connectivity index (χ1) is 12.7. The van der Waals surface area contributed by atoms with Gasteiger partial charge in [-0.1, -0.05) is 0 Å². The fraction of sp³-hybridized carbons (Fsp3) is 0.389. The summed E-state index contributed by atoms with van der Waals surface area (Å²) in [5.74, 6) is -0.259. The van der Waals surface area contributed by atoms with E-state index in [4.69, 9.17) is 14.2 Å². The van der Waals surface area contributed by atoms with E-state index in [0.717, 1.165) is 0 Å². The van der Waals surface area contributed by atoms with Gasteiger partial charge in [0.2, 0.25) is 5.95 Å². The second kappa shape index (κ2) is 8.59. The summed E-state index contributed by atoms with van der Waals surface area (Å²) in [6.45, 7) is 4.47. The molecule has 1 aromatic heterocycles. The third-order valence-electron chi connectivity index (χ3n) is 3.83. The van der Waals surface area contributed by atoms with Gasteiger partial charge in [-0.05, 0) is 31.2 Å². The fourth-order valence-corrected chi connectivity index (χ4v) is 2.60. The molecule has 26 heavy (non-hydrogen) atoms. The molecule has 0 unspecified atom stereocenters. The van der Waals surface area contributed by atoms with E-state index in [9.17, 15) is 9.90 Å². The zero-order chi connectivity index (χ0) is 18.4. The molecular formula is C18H21N3O5. The Kier molecular flexibility index (Phi) is 5.98. The zero-order valence-electron chi connectivity index (χ0n) is 14.5. The molecule has 3 rings (SSSR count). The van der Waals surface area contributed by atoms with Crippen molar-refractivity contribution in [3.8, 4) is 17.0 Å². The number of aromatic nitrogens is 2. The highest BCUT2D eigenvalue weighted by Gasteiger charge is 2.16. The second-order valence-electron chi connectivity index (χ2n) is 5.66. The number of aromatic carboxylic acids is 1. The van der Waals surface area contributed by atoms with Crippen LogP contribution in [0, 0.1) is 0 Å². The van der Waals surface area contributed by atoms with Gasteiger partial charge in [-0.3, -0.25) is 0 Å². The number of rotatable bonds is 7. The van der Waals surface area contributed by atoms with Crippen molar-refractivity contribution in [2.75, 3.05) is 38.3 Å². The number of nitrogens with one attached hydrogen (secondary N) is 1. The van der Waals surface area contributed by atoms with E-state index in [1.54, 1.807) is 30.5 Å². The maximum absolute atomic E-state index is 11.5. The van der Waals surface area contributed by atoms with Crippen molar-refractivity contribution in [3.05, 3.63) is 36.0 Å². The predicted molar refractivity (Wildman–Crippen MR) is 94.6 cm³/mol. The van der Waals surface area contributed by atoms with Gasteiger partial charge in [0.15, 0.2) is 0 Å². The Morgan fingerprint density at radius 2 is 2.27 bits per heavy atom. The summed E-state index contributed by atoms with van der Waals surface area (Å²) in [5.41, 5.74) is 1.40. The van der Waals surface area contributed by atoms with Crippen molar-refractivity contribution in [1.82, 2.24) is 9.97 Å². The number of hydrogen-bond donors (Lipinski definition) is 2. The first-order valence-electron chi connectivity index (χ1n) is 8.44. The molecule has 2 aromatic rings. The van der Waals surface area contributed by atoms with Gasteiger partial charge in [-0.25, -0.2) is 14.8 Å². The molecule has 1 atom stereocenters. The Morgan fingerprint density at radius 1 is 1.38 bits per heavy atom. The van der Waals surface area contributed by atoms with Crippen LogP contribution in [0.4, 0.5) is 5.95 Å². The normalized spacial score (nSPS) is 16.9. The van der Waals surface area contributed by atoms with E-state index in [1.807, 2.05) is 6.92 Å². The number of hydrogen-bond acceptors (Lipinski definition) is 7. The van der Waals surface area contributed by atoms with Crippen LogP contribution in [0.5, 0.6) is 5.75 Å². The van der Waals surface area contributed by atoms with Crippen LogP contribution >= 0.6 is 0 Å². The summed E-state index contributed by atoms with van der Waals surface area (Å²) in [4.78, 5) is 20.1. The Bertz CT molecular complexity index is 762. The first kappa shape index (κ1) is 18.1. The van der Waals surface area contributed by atoms with E-state index in [0.29, 0.717) is 55.9 Å². The average molecular weight is 359 g/mol. The minimum atomic E-state index is -1.04. The van der Waals surface area contributed by atoms with E-state index >= 15 is 0 Å². The van der Waals surface area contributed by atoms with Crippen LogP contribution in [0.15, 0.2) is 30.5 Å². The predicted octanol–water partition coefficient (Wildman–Crippen LogP) is 2.07. The molecule has 0 aliphatic carbocycles.